The SMILES string of the molecule is O=C1CC(=S)c2oc(Cl)cc21. The standard InChI is InChI=1S/C7H3ClO2S/c8-6-1-3-4(9)2-5(11)7(3)10-6/h1H,2H2. The molecule has 56 valence electrons. The van der Waals surface area contributed by atoms with Gasteiger partial charge in [-0.15, -0.1) is 0 Å². The maximum atomic E-state index is 11.1. The monoisotopic (exact) mass is 186 g/mol. The van der Waals surface area contributed by atoms with Crippen molar-refractivity contribution in [2.24, 2.45) is 0 Å². The summed E-state index contributed by atoms with van der Waals surface area (Å²) in [6.07, 6.45) is 0.292. The number of Topliss-reactive ketones (excluding diaryl/α,β-unsaturated/α-hetero) is 1. The van der Waals surface area contributed by atoms with Crippen LogP contribution in [0.15, 0.2) is 10.5 Å². The molecule has 1 heterocycles. The van der Waals surface area contributed by atoms with Crippen LogP contribution < -0.4 is 0 Å². The lowest BCUT2D eigenvalue weighted by Gasteiger charge is -1.84. The van der Waals surface area contributed by atoms with Crippen LogP contribution in [0.5, 0.6) is 0 Å². The summed E-state index contributed by atoms with van der Waals surface area (Å²) in [6, 6.07) is 1.51. The van der Waals surface area contributed by atoms with E-state index in [4.69, 9.17) is 28.2 Å². The smallest absolute Gasteiger partial charge is 0.194 e. The average molecular weight is 187 g/mol. The van der Waals surface area contributed by atoms with Gasteiger partial charge in [0.15, 0.2) is 16.8 Å². The van der Waals surface area contributed by atoms with Crippen molar-refractivity contribution in [1.29, 1.82) is 0 Å². The number of furan rings is 1. The topological polar surface area (TPSA) is 30.2 Å². The number of hydrogen-bond acceptors (Lipinski definition) is 3. The first-order chi connectivity index (χ1) is 5.18. The van der Waals surface area contributed by atoms with Crippen LogP contribution in [0.3, 0.4) is 0 Å². The molecule has 0 bridgehead atoms. The summed E-state index contributed by atoms with van der Waals surface area (Å²) < 4.78 is 5.01. The second kappa shape index (κ2) is 2.16. The molecule has 0 aromatic carbocycles. The van der Waals surface area contributed by atoms with Gasteiger partial charge in [0.25, 0.3) is 0 Å². The third-order valence-electron chi connectivity index (χ3n) is 1.58. The number of halogens is 1. The van der Waals surface area contributed by atoms with Crippen LogP contribution in [-0.4, -0.2) is 10.6 Å². The van der Waals surface area contributed by atoms with Gasteiger partial charge in [0.05, 0.1) is 16.8 Å². The molecule has 0 saturated carbocycles. The van der Waals surface area contributed by atoms with Gasteiger partial charge >= 0.3 is 0 Å². The molecule has 0 atom stereocenters. The second-order valence-electron chi connectivity index (χ2n) is 2.32. The van der Waals surface area contributed by atoms with Crippen molar-refractivity contribution in [3.05, 3.63) is 22.6 Å². The molecule has 1 aromatic rings. The van der Waals surface area contributed by atoms with Crippen LogP contribution in [0.1, 0.15) is 22.5 Å². The van der Waals surface area contributed by atoms with Crippen molar-refractivity contribution < 1.29 is 9.21 Å². The fraction of sp³-hybridized carbons (Fsp3) is 0.143. The first kappa shape index (κ1) is 7.00. The molecule has 0 radical (unpaired) electrons. The number of hydrogen-bond donors (Lipinski definition) is 0. The summed E-state index contributed by atoms with van der Waals surface area (Å²) in [5.41, 5.74) is 0.528. The molecular formula is C7H3ClO2S. The van der Waals surface area contributed by atoms with E-state index in [2.05, 4.69) is 0 Å². The molecule has 2 nitrogen and oxygen atoms in total. The summed E-state index contributed by atoms with van der Waals surface area (Å²) >= 11 is 10.4. The van der Waals surface area contributed by atoms with Crippen molar-refractivity contribution in [2.45, 2.75) is 6.42 Å². The lowest BCUT2D eigenvalue weighted by molar-refractivity contribution is 0.101. The highest BCUT2D eigenvalue weighted by Gasteiger charge is 2.28. The Morgan fingerprint density at radius 3 is 3.00 bits per heavy atom. The Bertz CT molecular complexity index is 322. The number of carbonyl (C=O) groups is 1. The van der Waals surface area contributed by atoms with E-state index in [1.807, 2.05) is 0 Å². The van der Waals surface area contributed by atoms with Gasteiger partial charge in [-0.2, -0.15) is 0 Å². The Kier molecular flexibility index (Phi) is 1.37. The Morgan fingerprint density at radius 2 is 2.36 bits per heavy atom. The molecule has 0 amide bonds. The van der Waals surface area contributed by atoms with E-state index in [-0.39, 0.29) is 11.0 Å². The fourth-order valence-corrected chi connectivity index (χ4v) is 1.57. The zero-order valence-electron chi connectivity index (χ0n) is 5.39. The number of fused-ring (bicyclic) bond motifs is 1. The van der Waals surface area contributed by atoms with Crippen LogP contribution >= 0.6 is 23.8 Å². The highest BCUT2D eigenvalue weighted by atomic mass is 35.5. The first-order valence-electron chi connectivity index (χ1n) is 3.04. The summed E-state index contributed by atoms with van der Waals surface area (Å²) in [6.45, 7) is 0. The van der Waals surface area contributed by atoms with E-state index in [0.717, 1.165) is 0 Å². The lowest BCUT2D eigenvalue weighted by atomic mass is 10.2. The lowest BCUT2D eigenvalue weighted by Crippen LogP contribution is -1.90. The van der Waals surface area contributed by atoms with Gasteiger partial charge in [-0.1, -0.05) is 12.2 Å². The number of ketones is 1. The largest absolute Gasteiger partial charge is 0.443 e. The minimum absolute atomic E-state index is 0.000602. The minimum Gasteiger partial charge on any atom is -0.443 e. The van der Waals surface area contributed by atoms with E-state index in [0.29, 0.717) is 22.6 Å². The molecule has 2 rings (SSSR count). The molecule has 0 spiro atoms. The summed E-state index contributed by atoms with van der Waals surface area (Å²) in [7, 11) is 0. The maximum Gasteiger partial charge on any atom is 0.194 e. The molecule has 4 heteroatoms. The van der Waals surface area contributed by atoms with Gasteiger partial charge in [0.1, 0.15) is 0 Å². The Labute approximate surface area is 73.1 Å². The van der Waals surface area contributed by atoms with Crippen LogP contribution in [-0.2, 0) is 0 Å². The predicted octanol–water partition coefficient (Wildman–Crippen LogP) is 2.24. The molecule has 1 aromatic heterocycles. The zero-order chi connectivity index (χ0) is 8.01. The summed E-state index contributed by atoms with van der Waals surface area (Å²) in [5.74, 6) is 0.482. The molecule has 0 fully saturated rings. The molecule has 11 heavy (non-hydrogen) atoms. The molecule has 1 aliphatic carbocycles. The van der Waals surface area contributed by atoms with Crippen LogP contribution in [0.4, 0.5) is 0 Å². The van der Waals surface area contributed by atoms with E-state index in [9.17, 15) is 4.79 Å². The molecule has 0 aliphatic heterocycles. The summed E-state index contributed by atoms with van der Waals surface area (Å²) in [4.78, 5) is 11.6. The van der Waals surface area contributed by atoms with Crippen molar-refractivity contribution in [3.63, 3.8) is 0 Å². The Balaban J connectivity index is 2.67. The van der Waals surface area contributed by atoms with Gasteiger partial charge < -0.3 is 4.42 Å². The molecule has 0 saturated heterocycles. The van der Waals surface area contributed by atoms with Gasteiger partial charge in [0.2, 0.25) is 0 Å². The van der Waals surface area contributed by atoms with Gasteiger partial charge in [0, 0.05) is 6.07 Å². The van der Waals surface area contributed by atoms with Crippen molar-refractivity contribution in [2.75, 3.05) is 0 Å². The van der Waals surface area contributed by atoms with E-state index in [1.165, 1.54) is 6.07 Å². The highest BCUT2D eigenvalue weighted by Crippen LogP contribution is 2.28. The maximum absolute atomic E-state index is 11.1. The number of carbonyl (C=O) groups excluding carboxylic acids is 1. The zero-order valence-corrected chi connectivity index (χ0v) is 6.96. The van der Waals surface area contributed by atoms with Crippen LogP contribution in [0, 0.1) is 0 Å². The van der Waals surface area contributed by atoms with E-state index >= 15 is 0 Å². The fourth-order valence-electron chi connectivity index (χ4n) is 1.10. The Morgan fingerprint density at radius 1 is 1.64 bits per heavy atom. The highest BCUT2D eigenvalue weighted by molar-refractivity contribution is 7.81. The molecule has 0 unspecified atom stereocenters. The second-order valence-corrected chi connectivity index (χ2v) is 3.18. The molecule has 0 N–H and O–H groups in total. The third-order valence-corrected chi connectivity index (χ3v) is 2.09. The molecular weight excluding hydrogens is 184 g/mol. The third kappa shape index (κ3) is 0.921. The van der Waals surface area contributed by atoms with Crippen molar-refractivity contribution in [1.82, 2.24) is 0 Å². The predicted molar refractivity (Wildman–Crippen MR) is 44.4 cm³/mol. The van der Waals surface area contributed by atoms with Crippen LogP contribution in [0.25, 0.3) is 0 Å². The average Bonchev–Trinajstić information content (AvgIpc) is 2.38. The minimum atomic E-state index is 0.000602. The summed E-state index contributed by atoms with van der Waals surface area (Å²) in [5, 5.41) is 0.227. The number of thiocarbonyl (C=S) groups is 1. The van der Waals surface area contributed by atoms with Gasteiger partial charge in [-0.05, 0) is 11.6 Å². The van der Waals surface area contributed by atoms with Crippen molar-refractivity contribution >= 4 is 34.5 Å². The van der Waals surface area contributed by atoms with Crippen LogP contribution in [0.2, 0.25) is 5.22 Å². The van der Waals surface area contributed by atoms with Gasteiger partial charge in [-0.25, -0.2) is 0 Å². The molecule has 1 aliphatic rings. The quantitative estimate of drug-likeness (QED) is 0.582. The Hall–Kier alpha value is -0.670. The van der Waals surface area contributed by atoms with Gasteiger partial charge in [-0.3, -0.25) is 4.79 Å². The van der Waals surface area contributed by atoms with E-state index < -0.39 is 0 Å². The number of rotatable bonds is 0. The van der Waals surface area contributed by atoms with E-state index in [1.54, 1.807) is 0 Å². The first-order valence-corrected chi connectivity index (χ1v) is 3.83. The van der Waals surface area contributed by atoms with Crippen molar-refractivity contribution in [3.8, 4) is 0 Å². The normalized spacial score (nSPS) is 15.7.